The molecule has 2 heterocycles. The number of hydrogen-bond donors (Lipinski definition) is 0. The first-order chi connectivity index (χ1) is 17.4. The van der Waals surface area contributed by atoms with Gasteiger partial charge >= 0.3 is 6.09 Å². The van der Waals surface area contributed by atoms with Crippen molar-refractivity contribution in [1.82, 2.24) is 4.90 Å². The van der Waals surface area contributed by atoms with Gasteiger partial charge in [0.1, 0.15) is 17.2 Å². The van der Waals surface area contributed by atoms with Crippen LogP contribution in [0, 0.1) is 22.7 Å². The molecule has 0 radical (unpaired) electrons. The van der Waals surface area contributed by atoms with Gasteiger partial charge in [-0.2, -0.15) is 5.26 Å². The van der Waals surface area contributed by atoms with E-state index in [1.54, 1.807) is 43.9 Å². The number of anilines is 1. The highest BCUT2D eigenvalue weighted by Gasteiger charge is 2.42. The molecule has 0 bridgehead atoms. The van der Waals surface area contributed by atoms with Crippen LogP contribution in [0.25, 0.3) is 0 Å². The highest BCUT2D eigenvalue weighted by atomic mass is 79.9. The van der Waals surface area contributed by atoms with Gasteiger partial charge in [-0.3, -0.25) is 9.69 Å². The predicted octanol–water partition coefficient (Wildman–Crippen LogP) is 6.56. The summed E-state index contributed by atoms with van der Waals surface area (Å²) in [6, 6.07) is 5.72. The molecule has 2 unspecified atom stereocenters. The van der Waals surface area contributed by atoms with E-state index < -0.39 is 23.2 Å². The minimum Gasteiger partial charge on any atom is -0.476 e. The molecule has 7 nitrogen and oxygen atoms in total. The molecule has 0 aromatic heterocycles. The lowest BCUT2D eigenvalue weighted by molar-refractivity contribution is -0.140. The number of nitrogens with zero attached hydrogens (tertiary/aromatic N) is 3. The van der Waals surface area contributed by atoms with E-state index in [1.807, 2.05) is 6.08 Å². The standard InChI is InChI=1S/C27H30BrClFN3O4/c1-26(2,3)37-25(35)33-15-23(36-22-12-19(28)20(29)13-21(22)33)24(34)32-10-8-27(16-31,9-11-32)14-17-4-6-18(30)7-5-17/h4,6-7,12-13,17,23H,5,8-11,14-15H2,1-3H3. The topological polar surface area (TPSA) is 82.9 Å². The summed E-state index contributed by atoms with van der Waals surface area (Å²) < 4.78 is 25.6. The van der Waals surface area contributed by atoms with Crippen LogP contribution in [-0.2, 0) is 9.53 Å². The monoisotopic (exact) mass is 593 g/mol. The largest absolute Gasteiger partial charge is 0.476 e. The minimum atomic E-state index is -0.933. The maximum Gasteiger partial charge on any atom is 0.415 e. The first kappa shape index (κ1) is 27.5. The third-order valence-corrected chi connectivity index (χ3v) is 8.06. The van der Waals surface area contributed by atoms with Crippen LogP contribution in [0.1, 0.15) is 46.5 Å². The first-order valence-electron chi connectivity index (χ1n) is 12.3. The van der Waals surface area contributed by atoms with Crippen molar-refractivity contribution < 1.29 is 23.5 Å². The average Bonchev–Trinajstić information content (AvgIpc) is 2.84. The molecule has 10 heteroatoms. The third kappa shape index (κ3) is 6.29. The van der Waals surface area contributed by atoms with E-state index in [-0.39, 0.29) is 24.2 Å². The van der Waals surface area contributed by atoms with Crippen molar-refractivity contribution in [2.45, 2.75) is 58.2 Å². The van der Waals surface area contributed by atoms with Crippen LogP contribution >= 0.6 is 27.5 Å². The molecule has 0 spiro atoms. The van der Waals surface area contributed by atoms with Crippen LogP contribution in [0.15, 0.2) is 40.7 Å². The second kappa shape index (κ2) is 10.7. The molecular weight excluding hydrogens is 565 g/mol. The van der Waals surface area contributed by atoms with Crippen LogP contribution in [0.3, 0.4) is 0 Å². The van der Waals surface area contributed by atoms with Gasteiger partial charge in [0, 0.05) is 17.6 Å². The van der Waals surface area contributed by atoms with Gasteiger partial charge in [-0.15, -0.1) is 0 Å². The van der Waals surface area contributed by atoms with E-state index in [2.05, 4.69) is 22.0 Å². The second-order valence-corrected chi connectivity index (χ2v) is 12.1. The third-order valence-electron chi connectivity index (χ3n) is 6.87. The lowest BCUT2D eigenvalue weighted by Crippen LogP contribution is -2.54. The normalized spacial score (nSPS) is 22.9. The Hall–Kier alpha value is -2.57. The number of rotatable bonds is 3. The molecule has 1 saturated heterocycles. The lowest BCUT2D eigenvalue weighted by atomic mass is 9.72. The molecule has 198 valence electrons. The maximum atomic E-state index is 13.5. The number of ether oxygens (including phenoxy) is 2. The summed E-state index contributed by atoms with van der Waals surface area (Å²) in [6.07, 6.45) is 5.54. The minimum absolute atomic E-state index is 0.0244. The SMILES string of the molecule is CC(C)(C)OC(=O)N1CC(C(=O)N2CCC(C#N)(CC3C=CC(F)=CC3)CC2)Oc2cc(Br)c(Cl)cc21. The molecule has 1 aliphatic carbocycles. The van der Waals surface area contributed by atoms with E-state index in [0.717, 1.165) is 0 Å². The number of amides is 2. The summed E-state index contributed by atoms with van der Waals surface area (Å²) in [5, 5.41) is 10.4. The van der Waals surface area contributed by atoms with Gasteiger partial charge in [0.05, 0.1) is 28.7 Å². The summed E-state index contributed by atoms with van der Waals surface area (Å²) in [6.45, 7) is 6.09. The zero-order valence-electron chi connectivity index (χ0n) is 21.1. The molecule has 2 aliphatic heterocycles. The van der Waals surface area contributed by atoms with Crippen LogP contribution in [-0.4, -0.2) is 48.2 Å². The Balaban J connectivity index is 1.47. The highest BCUT2D eigenvalue weighted by Crippen LogP contribution is 2.42. The molecule has 0 N–H and O–H groups in total. The Morgan fingerprint density at radius 2 is 2.03 bits per heavy atom. The number of hydrogen-bond acceptors (Lipinski definition) is 5. The van der Waals surface area contributed by atoms with Crippen LogP contribution in [0.2, 0.25) is 5.02 Å². The molecule has 1 aromatic carbocycles. The summed E-state index contributed by atoms with van der Waals surface area (Å²) >= 11 is 9.65. The number of likely N-dealkylation sites (tertiary alicyclic amines) is 1. The van der Waals surface area contributed by atoms with E-state index >= 15 is 0 Å². The Labute approximate surface area is 229 Å². The fraction of sp³-hybridized carbons (Fsp3) is 0.519. The molecular formula is C27H30BrClFN3O4. The highest BCUT2D eigenvalue weighted by molar-refractivity contribution is 9.10. The van der Waals surface area contributed by atoms with Gasteiger partial charge in [-0.05, 0) is 92.6 Å². The molecule has 3 aliphatic rings. The fourth-order valence-corrected chi connectivity index (χ4v) is 5.39. The van der Waals surface area contributed by atoms with Crippen molar-refractivity contribution >= 4 is 45.2 Å². The van der Waals surface area contributed by atoms with Gasteiger partial charge in [-0.25, -0.2) is 9.18 Å². The average molecular weight is 595 g/mol. The van der Waals surface area contributed by atoms with Crippen molar-refractivity contribution in [3.05, 3.63) is 45.7 Å². The Kier molecular flexibility index (Phi) is 7.91. The predicted molar refractivity (Wildman–Crippen MR) is 142 cm³/mol. The number of fused-ring (bicyclic) bond motifs is 1. The first-order valence-corrected chi connectivity index (χ1v) is 13.5. The van der Waals surface area contributed by atoms with Gasteiger partial charge < -0.3 is 14.4 Å². The molecule has 4 rings (SSSR count). The van der Waals surface area contributed by atoms with Gasteiger partial charge in [0.2, 0.25) is 0 Å². The number of benzene rings is 1. The van der Waals surface area contributed by atoms with E-state index in [0.29, 0.717) is 59.7 Å². The molecule has 1 fully saturated rings. The lowest BCUT2D eigenvalue weighted by Gasteiger charge is -2.41. The fourth-order valence-electron chi connectivity index (χ4n) is 4.91. The Morgan fingerprint density at radius 1 is 1.32 bits per heavy atom. The van der Waals surface area contributed by atoms with Crippen LogP contribution in [0.4, 0.5) is 14.9 Å². The quantitative estimate of drug-likeness (QED) is 0.396. The van der Waals surface area contributed by atoms with E-state index in [1.165, 1.54) is 11.0 Å². The zero-order valence-corrected chi connectivity index (χ0v) is 23.4. The summed E-state index contributed by atoms with van der Waals surface area (Å²) in [5.74, 6) is -0.0439. The number of halogens is 3. The van der Waals surface area contributed by atoms with Gasteiger partial charge in [0.15, 0.2) is 6.10 Å². The van der Waals surface area contributed by atoms with Crippen LogP contribution < -0.4 is 9.64 Å². The Morgan fingerprint density at radius 3 is 2.62 bits per heavy atom. The number of nitriles is 1. The van der Waals surface area contributed by atoms with E-state index in [9.17, 15) is 19.2 Å². The van der Waals surface area contributed by atoms with Crippen molar-refractivity contribution in [2.75, 3.05) is 24.5 Å². The molecule has 0 saturated carbocycles. The number of piperidine rings is 1. The van der Waals surface area contributed by atoms with Crippen molar-refractivity contribution in [3.8, 4) is 11.8 Å². The Bertz CT molecular complexity index is 1180. The summed E-state index contributed by atoms with van der Waals surface area (Å²) in [5.41, 5.74) is -0.867. The summed E-state index contributed by atoms with van der Waals surface area (Å²) in [7, 11) is 0. The van der Waals surface area contributed by atoms with Crippen LogP contribution in [0.5, 0.6) is 5.75 Å². The van der Waals surface area contributed by atoms with Crippen molar-refractivity contribution in [3.63, 3.8) is 0 Å². The van der Waals surface area contributed by atoms with Crippen molar-refractivity contribution in [2.24, 2.45) is 11.3 Å². The maximum absolute atomic E-state index is 13.5. The summed E-state index contributed by atoms with van der Waals surface area (Å²) in [4.78, 5) is 29.7. The number of carbonyl (C=O) groups is 2. The smallest absolute Gasteiger partial charge is 0.415 e. The molecule has 37 heavy (non-hydrogen) atoms. The second-order valence-electron chi connectivity index (χ2n) is 10.8. The van der Waals surface area contributed by atoms with Gasteiger partial charge in [0.25, 0.3) is 5.91 Å². The molecule has 2 amide bonds. The number of allylic oxidation sites excluding steroid dienone is 4. The van der Waals surface area contributed by atoms with Crippen molar-refractivity contribution in [1.29, 1.82) is 5.26 Å². The molecule has 1 aromatic rings. The van der Waals surface area contributed by atoms with E-state index in [4.69, 9.17) is 21.1 Å². The van der Waals surface area contributed by atoms with Gasteiger partial charge in [-0.1, -0.05) is 17.7 Å². The molecule has 2 atom stereocenters. The number of carbonyl (C=O) groups excluding carboxylic acids is 2. The zero-order chi connectivity index (χ0) is 27.0.